The number of nitrogens with two attached hydrogens (primary N) is 1. The predicted octanol–water partition coefficient (Wildman–Crippen LogP) is 2.10. The highest BCUT2D eigenvalue weighted by Gasteiger charge is 2.30. The molecule has 2 atom stereocenters. The van der Waals surface area contributed by atoms with Crippen LogP contribution in [0.15, 0.2) is 24.3 Å². The Labute approximate surface area is 112 Å². The number of hydrogen-bond donors (Lipinski definition) is 1. The van der Waals surface area contributed by atoms with E-state index in [1.165, 1.54) is 19.2 Å². The first-order chi connectivity index (χ1) is 8.84. The van der Waals surface area contributed by atoms with E-state index in [1.807, 2.05) is 0 Å². The van der Waals surface area contributed by atoms with Crippen LogP contribution >= 0.6 is 0 Å². The molecule has 2 N–H and O–H groups in total. The van der Waals surface area contributed by atoms with Gasteiger partial charge in [-0.05, 0) is 17.7 Å². The molecular weight excluding hydrogens is 279 g/mol. The van der Waals surface area contributed by atoms with E-state index in [2.05, 4.69) is 0 Å². The van der Waals surface area contributed by atoms with Crippen LogP contribution in [0.4, 0.5) is 13.2 Å². The summed E-state index contributed by atoms with van der Waals surface area (Å²) in [7, 11) is 0.281. The van der Waals surface area contributed by atoms with Gasteiger partial charge >= 0.3 is 6.18 Å². The Hall–Kier alpha value is -0.920. The van der Waals surface area contributed by atoms with Crippen molar-refractivity contribution in [1.82, 2.24) is 0 Å². The van der Waals surface area contributed by atoms with Gasteiger partial charge in [0.15, 0.2) is 0 Å². The highest BCUT2D eigenvalue weighted by molar-refractivity contribution is 7.85. The molecule has 0 saturated heterocycles. The van der Waals surface area contributed by atoms with Crippen LogP contribution in [0.25, 0.3) is 0 Å². The summed E-state index contributed by atoms with van der Waals surface area (Å²) < 4.78 is 54.0. The minimum absolute atomic E-state index is 0.116. The first kappa shape index (κ1) is 16.1. The molecule has 0 aliphatic heterocycles. The Bertz CT molecular complexity index is 437. The molecule has 0 bridgehead atoms. The summed E-state index contributed by atoms with van der Waals surface area (Å²) in [5.41, 5.74) is 5.37. The topological polar surface area (TPSA) is 52.3 Å². The van der Waals surface area contributed by atoms with Crippen molar-refractivity contribution < 1.29 is 22.1 Å². The predicted molar refractivity (Wildman–Crippen MR) is 68.1 cm³/mol. The van der Waals surface area contributed by atoms with E-state index < -0.39 is 28.6 Å². The molecule has 2 unspecified atom stereocenters. The smallest absolute Gasteiger partial charge is 0.384 e. The van der Waals surface area contributed by atoms with Gasteiger partial charge < -0.3 is 10.5 Å². The number of methoxy groups -OCH3 is 1. The molecule has 7 heteroatoms. The highest BCUT2D eigenvalue weighted by atomic mass is 32.2. The minimum Gasteiger partial charge on any atom is -0.384 e. The summed E-state index contributed by atoms with van der Waals surface area (Å²) in [5, 5.41) is 0. The van der Waals surface area contributed by atoms with Crippen molar-refractivity contribution in [3.8, 4) is 0 Å². The highest BCUT2D eigenvalue weighted by Crippen LogP contribution is 2.30. The lowest BCUT2D eigenvalue weighted by Gasteiger charge is -2.14. The fourth-order valence-electron chi connectivity index (χ4n) is 1.50. The number of benzene rings is 1. The van der Waals surface area contributed by atoms with Gasteiger partial charge in [0.05, 0.1) is 12.2 Å². The van der Waals surface area contributed by atoms with Gasteiger partial charge in [-0.2, -0.15) is 13.2 Å². The molecule has 0 radical (unpaired) electrons. The third-order valence-corrected chi connectivity index (χ3v) is 3.88. The third kappa shape index (κ3) is 5.30. The van der Waals surface area contributed by atoms with Gasteiger partial charge in [-0.25, -0.2) is 0 Å². The summed E-state index contributed by atoms with van der Waals surface area (Å²) in [6.45, 7) is 0.335. The lowest BCUT2D eigenvalue weighted by molar-refractivity contribution is -0.137. The van der Waals surface area contributed by atoms with Crippen LogP contribution in [0, 0.1) is 0 Å². The number of halogens is 3. The number of alkyl halides is 3. The average molecular weight is 295 g/mol. The maximum absolute atomic E-state index is 12.5. The zero-order valence-corrected chi connectivity index (χ0v) is 11.3. The van der Waals surface area contributed by atoms with E-state index in [-0.39, 0.29) is 5.75 Å². The van der Waals surface area contributed by atoms with Crippen molar-refractivity contribution in [1.29, 1.82) is 0 Å². The molecule has 0 spiro atoms. The van der Waals surface area contributed by atoms with Crippen molar-refractivity contribution in [2.24, 2.45) is 5.73 Å². The summed E-state index contributed by atoms with van der Waals surface area (Å²) >= 11 is 0. The van der Waals surface area contributed by atoms with Gasteiger partial charge in [-0.15, -0.1) is 0 Å². The zero-order valence-electron chi connectivity index (χ0n) is 10.4. The van der Waals surface area contributed by atoms with Crippen LogP contribution in [-0.4, -0.2) is 29.4 Å². The summed E-state index contributed by atoms with van der Waals surface area (Å²) in [4.78, 5) is 0. The molecule has 0 amide bonds. The fourth-order valence-corrected chi connectivity index (χ4v) is 2.61. The second-order valence-electron chi connectivity index (χ2n) is 4.03. The summed E-state index contributed by atoms with van der Waals surface area (Å²) in [5.74, 6) is 0.438. The van der Waals surface area contributed by atoms with Crippen molar-refractivity contribution in [2.45, 2.75) is 12.2 Å². The van der Waals surface area contributed by atoms with Crippen LogP contribution < -0.4 is 5.73 Å². The molecule has 0 aliphatic rings. The van der Waals surface area contributed by atoms with Crippen molar-refractivity contribution in [3.63, 3.8) is 0 Å². The quantitative estimate of drug-likeness (QED) is 0.874. The zero-order chi connectivity index (χ0) is 14.5. The van der Waals surface area contributed by atoms with E-state index in [9.17, 15) is 17.4 Å². The fraction of sp³-hybridized carbons (Fsp3) is 0.500. The Balaban J connectivity index is 2.72. The van der Waals surface area contributed by atoms with E-state index in [1.54, 1.807) is 0 Å². The Kier molecular flexibility index (Phi) is 5.96. The van der Waals surface area contributed by atoms with Gasteiger partial charge in [0, 0.05) is 35.5 Å². The van der Waals surface area contributed by atoms with Crippen molar-refractivity contribution in [2.75, 3.05) is 25.2 Å². The number of rotatable bonds is 6. The molecule has 0 aromatic heterocycles. The van der Waals surface area contributed by atoms with Gasteiger partial charge in [0.25, 0.3) is 0 Å². The average Bonchev–Trinajstić information content (AvgIpc) is 2.35. The minimum atomic E-state index is -4.40. The standard InChI is InChI=1S/C12H16F3NO2S/c1-18-5-6-19(17)8-11(16)9-3-2-4-10(7-9)12(13,14)15/h2-4,7,11H,5-6,8,16H2,1H3. The summed E-state index contributed by atoms with van der Waals surface area (Å²) in [6.07, 6.45) is -4.40. The molecule has 0 aliphatic carbocycles. The van der Waals surface area contributed by atoms with Crippen LogP contribution in [-0.2, 0) is 21.7 Å². The Morgan fingerprint density at radius 3 is 2.68 bits per heavy atom. The molecule has 0 heterocycles. The maximum Gasteiger partial charge on any atom is 0.416 e. The molecule has 108 valence electrons. The van der Waals surface area contributed by atoms with Gasteiger partial charge in [-0.3, -0.25) is 4.21 Å². The maximum atomic E-state index is 12.5. The lowest BCUT2D eigenvalue weighted by Crippen LogP contribution is -2.21. The van der Waals surface area contributed by atoms with Crippen molar-refractivity contribution in [3.05, 3.63) is 35.4 Å². The first-order valence-corrected chi connectivity index (χ1v) is 7.10. The van der Waals surface area contributed by atoms with Crippen LogP contribution in [0.5, 0.6) is 0 Å². The Morgan fingerprint density at radius 1 is 1.42 bits per heavy atom. The number of ether oxygens (including phenoxy) is 1. The van der Waals surface area contributed by atoms with E-state index in [0.29, 0.717) is 17.9 Å². The van der Waals surface area contributed by atoms with Gasteiger partial charge in [0.1, 0.15) is 0 Å². The van der Waals surface area contributed by atoms with Gasteiger partial charge in [0.2, 0.25) is 0 Å². The molecule has 19 heavy (non-hydrogen) atoms. The second kappa shape index (κ2) is 7.02. The van der Waals surface area contributed by atoms with Gasteiger partial charge in [-0.1, -0.05) is 12.1 Å². The monoisotopic (exact) mass is 295 g/mol. The molecule has 0 saturated carbocycles. The Morgan fingerprint density at radius 2 is 2.11 bits per heavy atom. The van der Waals surface area contributed by atoms with E-state index in [0.717, 1.165) is 12.1 Å². The normalized spacial score (nSPS) is 15.2. The summed E-state index contributed by atoms with van der Waals surface area (Å²) in [6, 6.07) is 4.11. The largest absolute Gasteiger partial charge is 0.416 e. The lowest BCUT2D eigenvalue weighted by atomic mass is 10.1. The molecule has 1 rings (SSSR count). The van der Waals surface area contributed by atoms with E-state index >= 15 is 0 Å². The molecular formula is C12H16F3NO2S. The molecule has 0 fully saturated rings. The van der Waals surface area contributed by atoms with Crippen LogP contribution in [0.3, 0.4) is 0 Å². The molecule has 3 nitrogen and oxygen atoms in total. The second-order valence-corrected chi connectivity index (χ2v) is 5.65. The van der Waals surface area contributed by atoms with Crippen LogP contribution in [0.1, 0.15) is 17.2 Å². The number of hydrogen-bond acceptors (Lipinski definition) is 3. The third-order valence-electron chi connectivity index (χ3n) is 2.52. The van der Waals surface area contributed by atoms with E-state index in [4.69, 9.17) is 10.5 Å². The molecule has 1 aromatic carbocycles. The SMILES string of the molecule is COCCS(=O)CC(N)c1cccc(C(F)(F)F)c1. The first-order valence-electron chi connectivity index (χ1n) is 5.61. The molecule has 1 aromatic rings. The van der Waals surface area contributed by atoms with Crippen LogP contribution in [0.2, 0.25) is 0 Å². The van der Waals surface area contributed by atoms with Crippen molar-refractivity contribution >= 4 is 10.8 Å².